The molecule has 0 atom stereocenters. The summed E-state index contributed by atoms with van der Waals surface area (Å²) >= 11 is 0. The van der Waals surface area contributed by atoms with Gasteiger partial charge in [0.15, 0.2) is 0 Å². The van der Waals surface area contributed by atoms with E-state index in [0.29, 0.717) is 0 Å². The third-order valence-electron chi connectivity index (χ3n) is 4.06. The minimum atomic E-state index is 0.765. The zero-order chi connectivity index (χ0) is 14.1. The van der Waals surface area contributed by atoms with Gasteiger partial charge in [0.1, 0.15) is 0 Å². The number of hydrogen-bond donors (Lipinski definition) is 1. The second-order valence-corrected chi connectivity index (χ2v) is 6.13. The van der Waals surface area contributed by atoms with Crippen molar-refractivity contribution in [2.24, 2.45) is 0 Å². The Morgan fingerprint density at radius 1 is 1.00 bits per heavy atom. The molecule has 1 fully saturated rings. The molecule has 1 heteroatoms. The normalized spacial score (nSPS) is 14.6. The van der Waals surface area contributed by atoms with Crippen molar-refractivity contribution in [1.82, 2.24) is 5.32 Å². The van der Waals surface area contributed by atoms with Crippen LogP contribution >= 0.6 is 0 Å². The smallest absolute Gasteiger partial charge is 0.0208 e. The van der Waals surface area contributed by atoms with Gasteiger partial charge < -0.3 is 5.32 Å². The fourth-order valence-corrected chi connectivity index (χ4v) is 3.02. The summed E-state index contributed by atoms with van der Waals surface area (Å²) in [5.41, 5.74) is 8.20. The average Bonchev–Trinajstić information content (AvgIpc) is 3.19. The first-order valence-electron chi connectivity index (χ1n) is 7.54. The summed E-state index contributed by atoms with van der Waals surface area (Å²) in [6.45, 7) is 7.58. The van der Waals surface area contributed by atoms with Crippen LogP contribution in [0.25, 0.3) is 11.1 Å². The Kier molecular flexibility index (Phi) is 3.62. The third-order valence-corrected chi connectivity index (χ3v) is 4.06. The van der Waals surface area contributed by atoms with Gasteiger partial charge in [-0.2, -0.15) is 0 Å². The molecule has 1 N–H and O–H groups in total. The second kappa shape index (κ2) is 5.41. The molecule has 20 heavy (non-hydrogen) atoms. The van der Waals surface area contributed by atoms with Crippen molar-refractivity contribution in [2.75, 3.05) is 0 Å². The minimum Gasteiger partial charge on any atom is -0.310 e. The fraction of sp³-hybridized carbons (Fsp3) is 0.368. The highest BCUT2D eigenvalue weighted by Crippen LogP contribution is 2.29. The second-order valence-electron chi connectivity index (χ2n) is 6.13. The zero-order valence-electron chi connectivity index (χ0n) is 12.7. The number of hydrogen-bond acceptors (Lipinski definition) is 1. The Bertz CT molecular complexity index is 600. The Morgan fingerprint density at radius 2 is 1.70 bits per heavy atom. The minimum absolute atomic E-state index is 0.765. The molecule has 3 rings (SSSR count). The molecule has 0 radical (unpaired) electrons. The maximum atomic E-state index is 3.59. The molecule has 0 aromatic heterocycles. The van der Waals surface area contributed by atoms with Crippen LogP contribution in [-0.4, -0.2) is 6.04 Å². The van der Waals surface area contributed by atoms with E-state index in [1.165, 1.54) is 46.2 Å². The first-order chi connectivity index (χ1) is 9.63. The average molecular weight is 265 g/mol. The van der Waals surface area contributed by atoms with Crippen LogP contribution in [0.2, 0.25) is 0 Å². The molecule has 0 heterocycles. The molecule has 104 valence electrons. The van der Waals surface area contributed by atoms with Gasteiger partial charge in [0.25, 0.3) is 0 Å². The highest BCUT2D eigenvalue weighted by atomic mass is 14.9. The molecular formula is C19H23N. The summed E-state index contributed by atoms with van der Waals surface area (Å²) < 4.78 is 0. The fourth-order valence-electron chi connectivity index (χ4n) is 3.02. The van der Waals surface area contributed by atoms with Crippen molar-refractivity contribution in [3.63, 3.8) is 0 Å². The molecule has 1 aliphatic rings. The molecule has 0 amide bonds. The van der Waals surface area contributed by atoms with Crippen LogP contribution in [-0.2, 0) is 6.54 Å². The van der Waals surface area contributed by atoms with Crippen molar-refractivity contribution in [2.45, 2.75) is 46.2 Å². The van der Waals surface area contributed by atoms with Gasteiger partial charge >= 0.3 is 0 Å². The van der Waals surface area contributed by atoms with Crippen LogP contribution in [0, 0.1) is 20.8 Å². The van der Waals surface area contributed by atoms with Gasteiger partial charge in [-0.25, -0.2) is 0 Å². The first-order valence-corrected chi connectivity index (χ1v) is 7.54. The number of benzene rings is 2. The van der Waals surface area contributed by atoms with Gasteiger partial charge in [-0.05, 0) is 67.5 Å². The molecule has 0 bridgehead atoms. The maximum absolute atomic E-state index is 3.59. The van der Waals surface area contributed by atoms with Gasteiger partial charge in [-0.15, -0.1) is 0 Å². The van der Waals surface area contributed by atoms with Crippen molar-refractivity contribution in [3.8, 4) is 11.1 Å². The first kappa shape index (κ1) is 13.4. The van der Waals surface area contributed by atoms with E-state index in [4.69, 9.17) is 0 Å². The summed E-state index contributed by atoms with van der Waals surface area (Å²) in [4.78, 5) is 0. The SMILES string of the molecule is Cc1cc(C)c(-c2cccc(CNC3CC3)c2)c(C)c1. The van der Waals surface area contributed by atoms with E-state index in [1.54, 1.807) is 0 Å². The van der Waals surface area contributed by atoms with E-state index >= 15 is 0 Å². The molecule has 1 aliphatic carbocycles. The standard InChI is InChI=1S/C19H23N/c1-13-9-14(2)19(15(3)10-13)17-6-4-5-16(11-17)12-20-18-7-8-18/h4-6,9-11,18,20H,7-8,12H2,1-3H3. The molecule has 2 aromatic rings. The van der Waals surface area contributed by atoms with Crippen LogP contribution < -0.4 is 5.32 Å². The molecule has 0 aliphatic heterocycles. The lowest BCUT2D eigenvalue weighted by molar-refractivity contribution is 0.688. The van der Waals surface area contributed by atoms with Crippen molar-refractivity contribution >= 4 is 0 Å². The quantitative estimate of drug-likeness (QED) is 0.856. The topological polar surface area (TPSA) is 12.0 Å². The zero-order valence-corrected chi connectivity index (χ0v) is 12.7. The molecule has 0 unspecified atom stereocenters. The monoisotopic (exact) mass is 265 g/mol. The van der Waals surface area contributed by atoms with Gasteiger partial charge in [-0.3, -0.25) is 0 Å². The largest absolute Gasteiger partial charge is 0.310 e. The Hall–Kier alpha value is -1.60. The summed E-state index contributed by atoms with van der Waals surface area (Å²) in [6, 6.07) is 14.3. The molecule has 1 nitrogen and oxygen atoms in total. The van der Waals surface area contributed by atoms with Crippen molar-refractivity contribution in [1.29, 1.82) is 0 Å². The number of aryl methyl sites for hydroxylation is 3. The van der Waals surface area contributed by atoms with Crippen LogP contribution in [0.1, 0.15) is 35.1 Å². The Morgan fingerprint density at radius 3 is 2.35 bits per heavy atom. The molecule has 2 aromatic carbocycles. The Labute approximate surface area is 122 Å². The highest BCUT2D eigenvalue weighted by molar-refractivity contribution is 5.71. The van der Waals surface area contributed by atoms with Crippen LogP contribution in [0.5, 0.6) is 0 Å². The lowest BCUT2D eigenvalue weighted by Gasteiger charge is -2.13. The molecule has 0 saturated heterocycles. The lowest BCUT2D eigenvalue weighted by atomic mass is 9.93. The van der Waals surface area contributed by atoms with E-state index in [1.807, 2.05) is 0 Å². The van der Waals surface area contributed by atoms with Gasteiger partial charge in [-0.1, -0.05) is 35.9 Å². The van der Waals surface area contributed by atoms with E-state index < -0.39 is 0 Å². The third kappa shape index (κ3) is 2.94. The van der Waals surface area contributed by atoms with Gasteiger partial charge in [0.2, 0.25) is 0 Å². The summed E-state index contributed by atoms with van der Waals surface area (Å²) in [5, 5.41) is 3.59. The Balaban J connectivity index is 1.91. The van der Waals surface area contributed by atoms with Crippen molar-refractivity contribution < 1.29 is 0 Å². The summed E-state index contributed by atoms with van der Waals surface area (Å²) in [7, 11) is 0. The van der Waals surface area contributed by atoms with E-state index in [2.05, 4.69) is 62.5 Å². The van der Waals surface area contributed by atoms with E-state index in [0.717, 1.165) is 12.6 Å². The summed E-state index contributed by atoms with van der Waals surface area (Å²) in [6.07, 6.45) is 2.69. The highest BCUT2D eigenvalue weighted by Gasteiger charge is 2.19. The van der Waals surface area contributed by atoms with Crippen LogP contribution in [0.4, 0.5) is 0 Å². The van der Waals surface area contributed by atoms with Gasteiger partial charge in [0, 0.05) is 12.6 Å². The van der Waals surface area contributed by atoms with Crippen molar-refractivity contribution in [3.05, 3.63) is 58.7 Å². The predicted molar refractivity (Wildman–Crippen MR) is 86.0 cm³/mol. The van der Waals surface area contributed by atoms with Gasteiger partial charge in [0.05, 0.1) is 0 Å². The molecule has 0 spiro atoms. The number of rotatable bonds is 4. The lowest BCUT2D eigenvalue weighted by Crippen LogP contribution is -2.15. The van der Waals surface area contributed by atoms with E-state index in [-0.39, 0.29) is 0 Å². The molecule has 1 saturated carbocycles. The number of nitrogens with one attached hydrogen (secondary N) is 1. The summed E-state index contributed by atoms with van der Waals surface area (Å²) in [5.74, 6) is 0. The predicted octanol–water partition coefficient (Wildman–Crippen LogP) is 4.53. The maximum Gasteiger partial charge on any atom is 0.0208 e. The van der Waals surface area contributed by atoms with E-state index in [9.17, 15) is 0 Å². The van der Waals surface area contributed by atoms with Crippen LogP contribution in [0.15, 0.2) is 36.4 Å². The van der Waals surface area contributed by atoms with Crippen LogP contribution in [0.3, 0.4) is 0 Å². The molecular weight excluding hydrogens is 242 g/mol.